The van der Waals surface area contributed by atoms with E-state index in [0.29, 0.717) is 23.7 Å². The molecule has 24 heavy (non-hydrogen) atoms. The molecule has 5 heteroatoms. The number of hydrogen-bond acceptors (Lipinski definition) is 3. The summed E-state index contributed by atoms with van der Waals surface area (Å²) in [5, 5.41) is 1.06. The molecule has 0 bridgehead atoms. The quantitative estimate of drug-likeness (QED) is 0.717. The fourth-order valence-electron chi connectivity index (χ4n) is 3.18. The van der Waals surface area contributed by atoms with Crippen LogP contribution in [0.4, 0.5) is 5.82 Å². The van der Waals surface area contributed by atoms with Crippen molar-refractivity contribution < 1.29 is 8.42 Å². The van der Waals surface area contributed by atoms with Gasteiger partial charge in [-0.05, 0) is 49.6 Å². The summed E-state index contributed by atoms with van der Waals surface area (Å²) in [4.78, 5) is 5.01. The van der Waals surface area contributed by atoms with Crippen molar-refractivity contribution >= 4 is 26.7 Å². The molecule has 0 saturated heterocycles. The van der Waals surface area contributed by atoms with Gasteiger partial charge >= 0.3 is 0 Å². The van der Waals surface area contributed by atoms with Crippen molar-refractivity contribution in [2.75, 3.05) is 10.8 Å². The van der Waals surface area contributed by atoms with Gasteiger partial charge in [-0.3, -0.25) is 0 Å². The average molecular weight is 338 g/mol. The standard InChI is InChI=1S/C19H18N2O2S/c1-13-6-8-17(9-7-13)24(22,23)21-11-10-16-12-15-5-3-4-14(2)18(15)20-19(16)21/h3-9,12H,10-11H2,1-2H3. The number of rotatable bonds is 2. The number of nitrogens with zero attached hydrogens (tertiary/aromatic N) is 2. The first-order chi connectivity index (χ1) is 11.5. The summed E-state index contributed by atoms with van der Waals surface area (Å²) in [7, 11) is -3.58. The van der Waals surface area contributed by atoms with Gasteiger partial charge in [-0.15, -0.1) is 0 Å². The van der Waals surface area contributed by atoms with Gasteiger partial charge in [0.05, 0.1) is 10.4 Å². The monoisotopic (exact) mass is 338 g/mol. The first kappa shape index (κ1) is 15.1. The van der Waals surface area contributed by atoms with Crippen LogP contribution in [-0.2, 0) is 16.4 Å². The maximum absolute atomic E-state index is 13.0. The number of benzene rings is 2. The molecule has 1 aromatic heterocycles. The van der Waals surface area contributed by atoms with Gasteiger partial charge in [0.25, 0.3) is 10.0 Å². The molecular weight excluding hydrogens is 320 g/mol. The van der Waals surface area contributed by atoms with Gasteiger partial charge in [0.2, 0.25) is 0 Å². The number of sulfonamides is 1. The molecule has 0 atom stereocenters. The number of aromatic nitrogens is 1. The lowest BCUT2D eigenvalue weighted by atomic mass is 10.1. The van der Waals surface area contributed by atoms with Crippen LogP contribution in [0.2, 0.25) is 0 Å². The van der Waals surface area contributed by atoms with Gasteiger partial charge in [-0.2, -0.15) is 0 Å². The Kier molecular flexibility index (Phi) is 3.35. The number of aryl methyl sites for hydroxylation is 2. The smallest absolute Gasteiger partial charge is 0.249 e. The molecule has 0 unspecified atom stereocenters. The Bertz CT molecular complexity index is 1040. The first-order valence-electron chi connectivity index (χ1n) is 7.95. The summed E-state index contributed by atoms with van der Waals surface area (Å²) < 4.78 is 27.5. The van der Waals surface area contributed by atoms with Gasteiger partial charge in [-0.1, -0.05) is 35.9 Å². The minimum Gasteiger partial charge on any atom is -0.249 e. The molecule has 1 aliphatic heterocycles. The van der Waals surface area contributed by atoms with E-state index in [9.17, 15) is 8.42 Å². The van der Waals surface area contributed by atoms with E-state index < -0.39 is 10.0 Å². The molecule has 4 rings (SSSR count). The predicted octanol–water partition coefficient (Wildman–Crippen LogP) is 3.60. The molecule has 0 saturated carbocycles. The van der Waals surface area contributed by atoms with Crippen molar-refractivity contribution in [3.63, 3.8) is 0 Å². The molecule has 122 valence electrons. The molecule has 0 spiro atoms. The van der Waals surface area contributed by atoms with E-state index in [1.807, 2.05) is 44.2 Å². The van der Waals surface area contributed by atoms with Crippen LogP contribution in [-0.4, -0.2) is 19.9 Å². The Balaban J connectivity index is 1.86. The number of fused-ring (bicyclic) bond motifs is 2. The summed E-state index contributed by atoms with van der Waals surface area (Å²) in [6.45, 7) is 4.38. The Morgan fingerprint density at radius 2 is 1.79 bits per heavy atom. The van der Waals surface area contributed by atoms with Crippen LogP contribution in [0.3, 0.4) is 0 Å². The third-order valence-corrected chi connectivity index (χ3v) is 6.34. The summed E-state index contributed by atoms with van der Waals surface area (Å²) in [5.41, 5.74) is 3.94. The highest BCUT2D eigenvalue weighted by Crippen LogP contribution is 2.34. The summed E-state index contributed by atoms with van der Waals surface area (Å²) >= 11 is 0. The van der Waals surface area contributed by atoms with Crippen LogP contribution >= 0.6 is 0 Å². The lowest BCUT2D eigenvalue weighted by molar-refractivity contribution is 0.592. The average Bonchev–Trinajstić information content (AvgIpc) is 2.97. The van der Waals surface area contributed by atoms with Crippen molar-refractivity contribution in [1.82, 2.24) is 4.98 Å². The molecule has 0 fully saturated rings. The molecule has 2 heterocycles. The van der Waals surface area contributed by atoms with E-state index in [2.05, 4.69) is 6.07 Å². The third kappa shape index (κ3) is 2.27. The van der Waals surface area contributed by atoms with Crippen molar-refractivity contribution in [2.45, 2.75) is 25.2 Å². The molecule has 1 aliphatic rings. The summed E-state index contributed by atoms with van der Waals surface area (Å²) in [6.07, 6.45) is 0.692. The van der Waals surface area contributed by atoms with Crippen molar-refractivity contribution in [2.24, 2.45) is 0 Å². The Hall–Kier alpha value is -2.40. The highest BCUT2D eigenvalue weighted by atomic mass is 32.2. The van der Waals surface area contributed by atoms with E-state index in [0.717, 1.165) is 27.6 Å². The highest BCUT2D eigenvalue weighted by molar-refractivity contribution is 7.92. The SMILES string of the molecule is Cc1ccc(S(=O)(=O)N2CCc3cc4cccc(C)c4nc32)cc1. The molecule has 3 aromatic rings. The maximum atomic E-state index is 13.0. The molecule has 2 aromatic carbocycles. The van der Waals surface area contributed by atoms with Crippen molar-refractivity contribution in [1.29, 1.82) is 0 Å². The lowest BCUT2D eigenvalue weighted by Gasteiger charge is -2.19. The Morgan fingerprint density at radius 3 is 2.54 bits per heavy atom. The summed E-state index contributed by atoms with van der Waals surface area (Å²) in [5.74, 6) is 0.567. The minimum absolute atomic E-state index is 0.313. The molecule has 0 radical (unpaired) electrons. The minimum atomic E-state index is -3.58. The summed E-state index contributed by atoms with van der Waals surface area (Å²) in [6, 6.07) is 15.0. The van der Waals surface area contributed by atoms with E-state index >= 15 is 0 Å². The fraction of sp³-hybridized carbons (Fsp3) is 0.211. The van der Waals surface area contributed by atoms with Crippen LogP contribution in [0, 0.1) is 13.8 Å². The van der Waals surface area contributed by atoms with Gasteiger partial charge in [0.1, 0.15) is 5.82 Å². The number of anilines is 1. The Labute approximate surface area is 141 Å². The molecule has 0 N–H and O–H groups in total. The van der Waals surface area contributed by atoms with Crippen LogP contribution in [0.1, 0.15) is 16.7 Å². The molecule has 0 aliphatic carbocycles. The van der Waals surface area contributed by atoms with Gasteiger partial charge < -0.3 is 0 Å². The topological polar surface area (TPSA) is 50.3 Å². The molecule has 0 amide bonds. The van der Waals surface area contributed by atoms with E-state index in [1.54, 1.807) is 12.1 Å². The first-order valence-corrected chi connectivity index (χ1v) is 9.39. The van der Waals surface area contributed by atoms with Gasteiger partial charge in [0, 0.05) is 11.9 Å². The zero-order chi connectivity index (χ0) is 16.9. The second kappa shape index (κ2) is 5.31. The second-order valence-corrected chi connectivity index (χ2v) is 8.12. The zero-order valence-electron chi connectivity index (χ0n) is 13.7. The predicted molar refractivity (Wildman–Crippen MR) is 95.9 cm³/mol. The molecule has 4 nitrogen and oxygen atoms in total. The Morgan fingerprint density at radius 1 is 1.04 bits per heavy atom. The number of pyridine rings is 1. The van der Waals surface area contributed by atoms with Crippen molar-refractivity contribution in [3.05, 3.63) is 65.2 Å². The van der Waals surface area contributed by atoms with Crippen molar-refractivity contribution in [3.8, 4) is 0 Å². The normalized spacial score (nSPS) is 14.2. The lowest BCUT2D eigenvalue weighted by Crippen LogP contribution is -2.29. The van der Waals surface area contributed by atoms with Gasteiger partial charge in [-0.25, -0.2) is 17.7 Å². The van der Waals surface area contributed by atoms with E-state index in [4.69, 9.17) is 4.98 Å². The van der Waals surface area contributed by atoms with Crippen LogP contribution in [0.5, 0.6) is 0 Å². The number of hydrogen-bond donors (Lipinski definition) is 0. The third-order valence-electron chi connectivity index (χ3n) is 4.53. The second-order valence-electron chi connectivity index (χ2n) is 6.26. The van der Waals surface area contributed by atoms with E-state index in [-0.39, 0.29) is 0 Å². The fourth-order valence-corrected chi connectivity index (χ4v) is 4.63. The van der Waals surface area contributed by atoms with Crippen LogP contribution in [0.15, 0.2) is 53.4 Å². The van der Waals surface area contributed by atoms with E-state index in [1.165, 1.54) is 4.31 Å². The van der Waals surface area contributed by atoms with Crippen LogP contribution in [0.25, 0.3) is 10.9 Å². The zero-order valence-corrected chi connectivity index (χ0v) is 14.5. The van der Waals surface area contributed by atoms with Gasteiger partial charge in [0.15, 0.2) is 0 Å². The number of para-hydroxylation sites is 1. The maximum Gasteiger partial charge on any atom is 0.265 e. The largest absolute Gasteiger partial charge is 0.265 e. The van der Waals surface area contributed by atoms with Crippen LogP contribution < -0.4 is 4.31 Å². The highest BCUT2D eigenvalue weighted by Gasteiger charge is 2.32. The molecular formula is C19H18N2O2S.